The Kier molecular flexibility index (Phi) is 9.99. The number of nitrogens with zero attached hydrogens (tertiary/aromatic N) is 2. The third-order valence-corrected chi connectivity index (χ3v) is 5.77. The summed E-state index contributed by atoms with van der Waals surface area (Å²) < 4.78 is 68.9. The van der Waals surface area contributed by atoms with E-state index in [-0.39, 0.29) is 75.4 Å². The molecule has 0 saturated heterocycles. The van der Waals surface area contributed by atoms with Crippen LogP contribution in [-0.4, -0.2) is 38.3 Å². The Morgan fingerprint density at radius 3 is 2.33 bits per heavy atom. The first-order valence-corrected chi connectivity index (χ1v) is 11.5. The number of anilines is 1. The van der Waals surface area contributed by atoms with Crippen LogP contribution in [0, 0.1) is 0 Å². The summed E-state index contributed by atoms with van der Waals surface area (Å²) in [6.45, 7) is -0.0845. The normalized spacial score (nSPS) is 12.0. The van der Waals surface area contributed by atoms with Crippen LogP contribution >= 0.6 is 23.2 Å². The van der Waals surface area contributed by atoms with Crippen LogP contribution in [0.15, 0.2) is 45.5 Å². The van der Waals surface area contributed by atoms with Crippen molar-refractivity contribution in [3.63, 3.8) is 0 Å². The summed E-state index contributed by atoms with van der Waals surface area (Å²) in [5, 5.41) is 7.66. The number of hydrogen-bond acceptors (Lipinski definition) is 9. The molecule has 2 aromatic carbocycles. The molecule has 10 nitrogen and oxygen atoms in total. The third kappa shape index (κ3) is 8.29. The molecule has 0 bridgehead atoms. The molecule has 2 aromatic rings. The second kappa shape index (κ2) is 11.1. The van der Waals surface area contributed by atoms with Crippen molar-refractivity contribution < 1.29 is 60.2 Å². The first-order valence-electron chi connectivity index (χ1n) is 7.71. The Morgan fingerprint density at radius 2 is 1.73 bits per heavy atom. The molecule has 0 radical (unpaired) electrons. The minimum atomic E-state index is -4.54. The van der Waals surface area contributed by atoms with Gasteiger partial charge < -0.3 is 15.0 Å². The summed E-state index contributed by atoms with van der Waals surface area (Å²) in [6.07, 6.45) is -0.0338. The molecule has 0 spiro atoms. The van der Waals surface area contributed by atoms with E-state index in [1.807, 2.05) is 0 Å². The number of hydrogen-bond donors (Lipinski definition) is 2. The zero-order valence-electron chi connectivity index (χ0n) is 15.4. The topological polar surface area (TPSA) is 172 Å². The molecule has 158 valence electrons. The number of ether oxygens (including phenoxy) is 1. The maximum atomic E-state index is 11.3. The van der Waals surface area contributed by atoms with Crippen molar-refractivity contribution in [1.29, 1.82) is 0 Å². The molecule has 0 aliphatic rings. The Morgan fingerprint density at radius 1 is 1.07 bits per heavy atom. The molecule has 0 aliphatic heterocycles. The van der Waals surface area contributed by atoms with Gasteiger partial charge in [-0.2, -0.15) is 13.5 Å². The Bertz CT molecular complexity index is 1160. The number of halogens is 2. The molecule has 0 unspecified atom stereocenters. The number of benzene rings is 2. The van der Waals surface area contributed by atoms with Gasteiger partial charge in [-0.1, -0.05) is 23.2 Å². The van der Waals surface area contributed by atoms with Crippen molar-refractivity contribution in [1.82, 2.24) is 0 Å². The minimum Gasteiger partial charge on any atom is -0.748 e. The van der Waals surface area contributed by atoms with Gasteiger partial charge in [-0.3, -0.25) is 4.55 Å². The van der Waals surface area contributed by atoms with Crippen LogP contribution in [0.3, 0.4) is 0 Å². The van der Waals surface area contributed by atoms with Gasteiger partial charge in [0, 0.05) is 11.8 Å². The maximum Gasteiger partial charge on any atom is 1.00 e. The smallest absolute Gasteiger partial charge is 0.748 e. The first kappa shape index (κ1) is 27.1. The molecule has 2 rings (SSSR count). The van der Waals surface area contributed by atoms with Gasteiger partial charge in [0.2, 0.25) is 0 Å². The molecule has 0 amide bonds. The third-order valence-electron chi connectivity index (χ3n) is 3.34. The monoisotopic (exact) mass is 505 g/mol. The molecule has 0 atom stereocenters. The average Bonchev–Trinajstić information content (AvgIpc) is 2.58. The van der Waals surface area contributed by atoms with Crippen molar-refractivity contribution in [3.8, 4) is 5.75 Å². The second-order valence-corrected chi connectivity index (χ2v) is 9.32. The molecule has 0 saturated carbocycles. The van der Waals surface area contributed by atoms with Crippen LogP contribution in [0.4, 0.5) is 17.1 Å². The standard InChI is InChI=1S/C15H15Cl2N3O7S2.Na/c16-10-3-2-9(6-15(10)29(24,25)26)19-20-13-8-14(12(18)7-11(13)17)27-4-1-5-28(21,22)23;/h2-3,6-8H,1,4-5,18H2,(H,21,22,23)(H,24,25,26);/q;+1/p-1. The van der Waals surface area contributed by atoms with E-state index in [1.165, 1.54) is 24.3 Å². The minimum absolute atomic E-state index is 0. The second-order valence-electron chi connectivity index (χ2n) is 5.60. The quantitative estimate of drug-likeness (QED) is 0.172. The zero-order valence-corrected chi connectivity index (χ0v) is 20.6. The average molecular weight is 506 g/mol. The fourth-order valence-corrected chi connectivity index (χ4v) is 3.72. The van der Waals surface area contributed by atoms with E-state index in [0.717, 1.165) is 6.07 Å². The largest absolute Gasteiger partial charge is 1.00 e. The first-order chi connectivity index (χ1) is 13.4. The van der Waals surface area contributed by atoms with Crippen molar-refractivity contribution in [2.75, 3.05) is 18.1 Å². The van der Waals surface area contributed by atoms with E-state index < -0.39 is 30.9 Å². The number of nitrogens with two attached hydrogens (primary N) is 1. The Labute approximate surface area is 205 Å². The van der Waals surface area contributed by atoms with E-state index in [9.17, 15) is 21.4 Å². The van der Waals surface area contributed by atoms with Crippen LogP contribution in [0.5, 0.6) is 5.75 Å². The van der Waals surface area contributed by atoms with Crippen LogP contribution in [0.2, 0.25) is 10.0 Å². The Hall–Kier alpha value is -0.960. The molecule has 3 N–H and O–H groups in total. The number of nitrogen functional groups attached to an aromatic ring is 1. The van der Waals surface area contributed by atoms with E-state index in [1.54, 1.807) is 0 Å². The van der Waals surface area contributed by atoms with Crippen LogP contribution in [-0.2, 0) is 20.2 Å². The van der Waals surface area contributed by atoms with Crippen molar-refractivity contribution >= 4 is 60.5 Å². The molecule has 30 heavy (non-hydrogen) atoms. The van der Waals surface area contributed by atoms with Crippen LogP contribution in [0.1, 0.15) is 6.42 Å². The summed E-state index contributed by atoms with van der Waals surface area (Å²) >= 11 is 11.8. The predicted octanol–water partition coefficient (Wildman–Crippen LogP) is 0.556. The van der Waals surface area contributed by atoms with E-state index in [2.05, 4.69) is 10.2 Å². The number of rotatable bonds is 8. The van der Waals surface area contributed by atoms with E-state index in [4.69, 9.17) is 38.2 Å². The van der Waals surface area contributed by atoms with Gasteiger partial charge in [0.05, 0.1) is 38.1 Å². The van der Waals surface area contributed by atoms with Gasteiger partial charge in [-0.05, 0) is 30.7 Å². The Balaban J connectivity index is 0.00000450. The van der Waals surface area contributed by atoms with Gasteiger partial charge in [0.1, 0.15) is 16.3 Å². The summed E-state index contributed by atoms with van der Waals surface area (Å²) in [7, 11) is -8.89. The molecule has 0 aliphatic carbocycles. The summed E-state index contributed by atoms with van der Waals surface area (Å²) in [6, 6.07) is 6.29. The molecule has 15 heteroatoms. The zero-order chi connectivity index (χ0) is 21.8. The molecule has 0 heterocycles. The SMILES string of the molecule is Nc1cc(Cl)c(N=Nc2ccc(Cl)c(S(=O)(=O)O)c2)cc1OCCCS(=O)(=O)[O-].[Na+]. The van der Waals surface area contributed by atoms with Gasteiger partial charge >= 0.3 is 29.6 Å². The van der Waals surface area contributed by atoms with Gasteiger partial charge in [0.25, 0.3) is 10.1 Å². The summed E-state index contributed by atoms with van der Waals surface area (Å²) in [5.41, 5.74) is 6.12. The molecular formula is C15H14Cl2N3NaO7S2. The van der Waals surface area contributed by atoms with Crippen LogP contribution < -0.4 is 40.0 Å². The number of azo groups is 1. The van der Waals surface area contributed by atoms with Crippen molar-refractivity contribution in [2.45, 2.75) is 11.3 Å². The van der Waals surface area contributed by atoms with Crippen molar-refractivity contribution in [2.24, 2.45) is 10.2 Å². The maximum absolute atomic E-state index is 11.3. The molecule has 0 aromatic heterocycles. The van der Waals surface area contributed by atoms with Crippen molar-refractivity contribution in [3.05, 3.63) is 40.4 Å². The van der Waals surface area contributed by atoms with Gasteiger partial charge in [0.15, 0.2) is 0 Å². The van der Waals surface area contributed by atoms with Gasteiger partial charge in [-0.25, -0.2) is 8.42 Å². The summed E-state index contributed by atoms with van der Waals surface area (Å²) in [5.74, 6) is -0.443. The fourth-order valence-electron chi connectivity index (χ4n) is 2.04. The van der Waals surface area contributed by atoms with Crippen LogP contribution in [0.25, 0.3) is 0 Å². The molecule has 0 fully saturated rings. The summed E-state index contributed by atoms with van der Waals surface area (Å²) in [4.78, 5) is -0.531. The van der Waals surface area contributed by atoms with E-state index in [0.29, 0.717) is 0 Å². The predicted molar refractivity (Wildman–Crippen MR) is 106 cm³/mol. The van der Waals surface area contributed by atoms with Gasteiger partial charge in [-0.15, -0.1) is 5.11 Å². The molecular weight excluding hydrogens is 492 g/mol. The van der Waals surface area contributed by atoms with E-state index >= 15 is 0 Å². The fraction of sp³-hybridized carbons (Fsp3) is 0.200.